The molecule has 0 bridgehead atoms. The molecule has 11 nitrogen and oxygen atoms in total. The summed E-state index contributed by atoms with van der Waals surface area (Å²) in [6.45, 7) is 0.807. The third kappa shape index (κ3) is 5.08. The highest BCUT2D eigenvalue weighted by molar-refractivity contribution is 8.00. The number of likely N-dealkylation sites (tertiary alicyclic amines) is 1. The van der Waals surface area contributed by atoms with Crippen LogP contribution in [0, 0.1) is 0 Å². The monoisotopic (exact) mass is 500 g/mol. The van der Waals surface area contributed by atoms with Gasteiger partial charge in [0.05, 0.1) is 6.42 Å². The van der Waals surface area contributed by atoms with Crippen molar-refractivity contribution < 1.29 is 34.2 Å². The molecule has 0 radical (unpaired) electrons. The van der Waals surface area contributed by atoms with E-state index in [1.807, 2.05) is 0 Å². The standard InChI is InChI=1S/C23H24N4O7S/c24-18-21(32)27-19(23(33)34)14(11-35-22(18)27)9-13-7-8-26(20(13)31)10-12-1-3-15(4-2-12)25-16(28)5-6-17(29)30/h1-4,9,18,22H,5-8,10-11,24H2,(H,25,28)(H,29,30)(H,33,34)/t18-,22-/m1/s1. The third-order valence-corrected chi connectivity index (χ3v) is 7.30. The van der Waals surface area contributed by atoms with Crippen molar-refractivity contribution in [1.29, 1.82) is 0 Å². The van der Waals surface area contributed by atoms with Gasteiger partial charge in [-0.25, -0.2) is 4.79 Å². The fraction of sp³-hybridized carbons (Fsp3) is 0.348. The number of benzene rings is 1. The molecule has 0 saturated carbocycles. The van der Waals surface area contributed by atoms with E-state index in [1.165, 1.54) is 16.7 Å². The predicted molar refractivity (Wildman–Crippen MR) is 126 cm³/mol. The molecule has 4 rings (SSSR count). The Morgan fingerprint density at radius 2 is 1.86 bits per heavy atom. The minimum atomic E-state index is -1.22. The molecule has 0 spiro atoms. The summed E-state index contributed by atoms with van der Waals surface area (Å²) in [5, 5.41) is 20.6. The topological polar surface area (TPSA) is 170 Å². The summed E-state index contributed by atoms with van der Waals surface area (Å²) in [5.74, 6) is -2.95. The molecule has 0 aliphatic carbocycles. The zero-order valence-electron chi connectivity index (χ0n) is 18.6. The van der Waals surface area contributed by atoms with Gasteiger partial charge in [-0.1, -0.05) is 12.1 Å². The van der Waals surface area contributed by atoms with Gasteiger partial charge < -0.3 is 26.2 Å². The second kappa shape index (κ2) is 9.92. The van der Waals surface area contributed by atoms with Crippen molar-refractivity contribution in [3.63, 3.8) is 0 Å². The van der Waals surface area contributed by atoms with Gasteiger partial charge >= 0.3 is 11.9 Å². The summed E-state index contributed by atoms with van der Waals surface area (Å²) in [6.07, 6.45) is 1.67. The molecule has 2 saturated heterocycles. The number of thioether (sulfide) groups is 1. The minimum Gasteiger partial charge on any atom is -0.481 e. The highest BCUT2D eigenvalue weighted by Crippen LogP contribution is 2.40. The van der Waals surface area contributed by atoms with Gasteiger partial charge in [0.1, 0.15) is 17.1 Å². The lowest BCUT2D eigenvalue weighted by atomic mass is 10.0. The molecule has 35 heavy (non-hydrogen) atoms. The first-order valence-electron chi connectivity index (χ1n) is 10.9. The van der Waals surface area contributed by atoms with E-state index >= 15 is 0 Å². The van der Waals surface area contributed by atoms with Gasteiger partial charge in [0.25, 0.3) is 0 Å². The number of carboxylic acid groups (broad SMARTS) is 2. The summed E-state index contributed by atoms with van der Waals surface area (Å²) in [7, 11) is 0. The molecule has 184 valence electrons. The average Bonchev–Trinajstić information content (AvgIpc) is 3.16. The fourth-order valence-corrected chi connectivity index (χ4v) is 5.42. The molecule has 1 aromatic rings. The number of hydrogen-bond donors (Lipinski definition) is 4. The number of carboxylic acids is 2. The van der Waals surface area contributed by atoms with E-state index in [-0.39, 0.29) is 24.4 Å². The molecule has 3 heterocycles. The second-order valence-electron chi connectivity index (χ2n) is 8.40. The number of rotatable bonds is 8. The number of nitrogens with one attached hydrogen (secondary N) is 1. The zero-order valence-corrected chi connectivity index (χ0v) is 19.4. The Hall–Kier alpha value is -3.64. The number of amides is 3. The van der Waals surface area contributed by atoms with Crippen molar-refractivity contribution in [3.8, 4) is 0 Å². The van der Waals surface area contributed by atoms with Crippen LogP contribution >= 0.6 is 11.8 Å². The number of allylic oxidation sites excluding steroid dienone is 1. The largest absolute Gasteiger partial charge is 0.481 e. The van der Waals surface area contributed by atoms with Crippen molar-refractivity contribution >= 4 is 47.1 Å². The number of β-lactam (4-membered cyclic amide) rings is 1. The molecule has 2 atom stereocenters. The number of aliphatic carboxylic acids is 2. The van der Waals surface area contributed by atoms with Crippen LogP contribution in [0.4, 0.5) is 5.69 Å². The van der Waals surface area contributed by atoms with Gasteiger partial charge in [-0.05, 0) is 35.8 Å². The van der Waals surface area contributed by atoms with Crippen LogP contribution in [0.25, 0.3) is 0 Å². The van der Waals surface area contributed by atoms with E-state index in [2.05, 4.69) is 5.32 Å². The van der Waals surface area contributed by atoms with Gasteiger partial charge in [-0.3, -0.25) is 24.1 Å². The van der Waals surface area contributed by atoms with E-state index in [1.54, 1.807) is 35.2 Å². The average molecular weight is 501 g/mol. The Labute approximate surface area is 204 Å². The summed E-state index contributed by atoms with van der Waals surface area (Å²) in [4.78, 5) is 62.1. The first-order chi connectivity index (χ1) is 16.7. The van der Waals surface area contributed by atoms with Crippen LogP contribution in [0.1, 0.15) is 24.8 Å². The number of anilines is 1. The molecule has 5 N–H and O–H groups in total. The first-order valence-corrected chi connectivity index (χ1v) is 12.0. The van der Waals surface area contributed by atoms with Crippen LogP contribution in [-0.2, 0) is 30.5 Å². The second-order valence-corrected chi connectivity index (χ2v) is 9.50. The molecule has 3 aliphatic rings. The number of carbonyl (C=O) groups is 5. The van der Waals surface area contributed by atoms with Gasteiger partial charge in [-0.15, -0.1) is 11.8 Å². The number of hydrogen-bond acceptors (Lipinski definition) is 7. The van der Waals surface area contributed by atoms with Crippen molar-refractivity contribution in [2.24, 2.45) is 5.73 Å². The van der Waals surface area contributed by atoms with Crippen LogP contribution in [-0.4, -0.2) is 73.4 Å². The molecule has 12 heteroatoms. The van der Waals surface area contributed by atoms with Crippen LogP contribution in [0.3, 0.4) is 0 Å². The molecule has 3 aliphatic heterocycles. The maximum Gasteiger partial charge on any atom is 0.352 e. The molecule has 2 fully saturated rings. The van der Waals surface area contributed by atoms with E-state index < -0.39 is 35.2 Å². The Bertz CT molecular complexity index is 1160. The van der Waals surface area contributed by atoms with Crippen LogP contribution < -0.4 is 11.1 Å². The number of fused-ring (bicyclic) bond motifs is 1. The van der Waals surface area contributed by atoms with Gasteiger partial charge in [0.2, 0.25) is 17.7 Å². The number of carbonyl (C=O) groups excluding carboxylic acids is 3. The smallest absolute Gasteiger partial charge is 0.352 e. The van der Waals surface area contributed by atoms with Gasteiger partial charge in [0, 0.05) is 36.5 Å². The molecule has 0 aromatic heterocycles. The molecule has 3 amide bonds. The van der Waals surface area contributed by atoms with Crippen molar-refractivity contribution in [3.05, 3.63) is 52.7 Å². The lowest BCUT2D eigenvalue weighted by Crippen LogP contribution is -2.68. The SMILES string of the molecule is N[C@@H]1C(=O)N2C(C(=O)O)=C(C=C3CCN(Cc4ccc(NC(=O)CCC(=O)O)cc4)C3=O)CS[C@H]12. The number of nitrogens with two attached hydrogens (primary N) is 1. The van der Waals surface area contributed by atoms with Crippen molar-refractivity contribution in [2.75, 3.05) is 17.6 Å². The fourth-order valence-electron chi connectivity index (χ4n) is 4.17. The highest BCUT2D eigenvalue weighted by Gasteiger charge is 2.51. The Balaban J connectivity index is 1.41. The van der Waals surface area contributed by atoms with Gasteiger partial charge in [-0.2, -0.15) is 0 Å². The minimum absolute atomic E-state index is 0.111. The van der Waals surface area contributed by atoms with Crippen molar-refractivity contribution in [2.45, 2.75) is 37.2 Å². The quantitative estimate of drug-likeness (QED) is 0.297. The lowest BCUT2D eigenvalue weighted by Gasteiger charge is -2.47. The summed E-state index contributed by atoms with van der Waals surface area (Å²) < 4.78 is 0. The molecular weight excluding hydrogens is 476 g/mol. The highest BCUT2D eigenvalue weighted by atomic mass is 32.2. The number of nitrogens with zero attached hydrogens (tertiary/aromatic N) is 2. The third-order valence-electron chi connectivity index (χ3n) is 5.98. The Morgan fingerprint density at radius 3 is 2.51 bits per heavy atom. The van der Waals surface area contributed by atoms with E-state index in [4.69, 9.17) is 10.8 Å². The van der Waals surface area contributed by atoms with Crippen LogP contribution in [0.5, 0.6) is 0 Å². The molecular formula is C23H24N4O7S. The Morgan fingerprint density at radius 1 is 1.14 bits per heavy atom. The maximum atomic E-state index is 13.0. The van der Waals surface area contributed by atoms with E-state index in [9.17, 15) is 29.1 Å². The van der Waals surface area contributed by atoms with Gasteiger partial charge in [0.15, 0.2) is 0 Å². The van der Waals surface area contributed by atoms with E-state index in [0.717, 1.165) is 5.56 Å². The summed E-state index contributed by atoms with van der Waals surface area (Å²) in [5.41, 5.74) is 7.93. The normalized spacial score (nSPS) is 22.8. The summed E-state index contributed by atoms with van der Waals surface area (Å²) >= 11 is 1.38. The lowest BCUT2D eigenvalue weighted by molar-refractivity contribution is -0.147. The maximum absolute atomic E-state index is 13.0. The van der Waals surface area contributed by atoms with Crippen LogP contribution in [0.2, 0.25) is 0 Å². The first kappa shape index (κ1) is 24.5. The summed E-state index contributed by atoms with van der Waals surface area (Å²) in [6, 6.07) is 6.18. The predicted octanol–water partition coefficient (Wildman–Crippen LogP) is 0.730. The Kier molecular flexibility index (Phi) is 6.94. The van der Waals surface area contributed by atoms with Crippen molar-refractivity contribution in [1.82, 2.24) is 9.80 Å². The molecule has 1 aromatic carbocycles. The molecule has 0 unspecified atom stereocenters. The van der Waals surface area contributed by atoms with E-state index in [0.29, 0.717) is 42.1 Å². The van der Waals surface area contributed by atoms with Crippen LogP contribution in [0.15, 0.2) is 47.2 Å². The zero-order chi connectivity index (χ0) is 25.3.